The Kier molecular flexibility index (Phi) is 5.30. The predicted octanol–water partition coefficient (Wildman–Crippen LogP) is 0.584. The molecule has 2 N–H and O–H groups in total. The Morgan fingerprint density at radius 1 is 1.33 bits per heavy atom. The van der Waals surface area contributed by atoms with Crippen molar-refractivity contribution in [2.45, 2.75) is 13.1 Å². The van der Waals surface area contributed by atoms with E-state index in [9.17, 15) is 4.79 Å². The van der Waals surface area contributed by atoms with Crippen molar-refractivity contribution in [3.63, 3.8) is 0 Å². The van der Waals surface area contributed by atoms with Crippen LogP contribution < -0.4 is 10.6 Å². The van der Waals surface area contributed by atoms with Crippen LogP contribution in [0.1, 0.15) is 11.1 Å². The molecule has 0 saturated carbocycles. The van der Waals surface area contributed by atoms with Crippen molar-refractivity contribution < 1.29 is 4.79 Å². The van der Waals surface area contributed by atoms with Gasteiger partial charge in [-0.25, -0.2) is 9.67 Å². The largest absolute Gasteiger partial charge is 0.352 e. The van der Waals surface area contributed by atoms with Gasteiger partial charge in [-0.3, -0.25) is 4.79 Å². The van der Waals surface area contributed by atoms with Crippen LogP contribution in [0.2, 0.25) is 0 Å². The molecule has 1 fully saturated rings. The number of hydrogen-bond donors (Lipinski definition) is 2. The molecule has 21 heavy (non-hydrogen) atoms. The van der Waals surface area contributed by atoms with Crippen molar-refractivity contribution in [2.75, 3.05) is 13.1 Å². The van der Waals surface area contributed by atoms with Gasteiger partial charge in [0.05, 0.1) is 12.5 Å². The maximum absolute atomic E-state index is 11.8. The number of benzene rings is 1. The number of amides is 1. The normalized spacial score (nSPS) is 14.1. The van der Waals surface area contributed by atoms with E-state index >= 15 is 0 Å². The molecule has 0 radical (unpaired) electrons. The lowest BCUT2D eigenvalue weighted by Crippen LogP contribution is -2.50. The van der Waals surface area contributed by atoms with Crippen molar-refractivity contribution in [3.8, 4) is 0 Å². The van der Waals surface area contributed by atoms with E-state index in [2.05, 4.69) is 20.7 Å². The maximum Gasteiger partial charge on any atom is 0.225 e. The van der Waals surface area contributed by atoms with Gasteiger partial charge in [-0.15, -0.1) is 12.4 Å². The molecule has 2 aromatic rings. The molecule has 1 saturated heterocycles. The quantitative estimate of drug-likeness (QED) is 0.848. The minimum absolute atomic E-state index is 0. The Balaban J connectivity index is 0.00000161. The molecule has 7 heteroatoms. The summed E-state index contributed by atoms with van der Waals surface area (Å²) >= 11 is 0. The van der Waals surface area contributed by atoms with Crippen molar-refractivity contribution in [1.29, 1.82) is 0 Å². The molecule has 0 aliphatic carbocycles. The van der Waals surface area contributed by atoms with E-state index in [-0.39, 0.29) is 24.2 Å². The molecular formula is C14H18ClN5O. The summed E-state index contributed by atoms with van der Waals surface area (Å²) < 4.78 is 1.77. The molecule has 6 nitrogen and oxygen atoms in total. The zero-order valence-corrected chi connectivity index (χ0v) is 12.3. The van der Waals surface area contributed by atoms with Crippen LogP contribution in [0.5, 0.6) is 0 Å². The summed E-state index contributed by atoms with van der Waals surface area (Å²) in [6.07, 6.45) is 3.21. The van der Waals surface area contributed by atoms with Crippen LogP contribution in [0, 0.1) is 5.92 Å². The van der Waals surface area contributed by atoms with E-state index in [1.54, 1.807) is 11.0 Å². The number of nitrogens with zero attached hydrogens (tertiary/aromatic N) is 3. The first-order valence-corrected chi connectivity index (χ1v) is 6.70. The average Bonchev–Trinajstić information content (AvgIpc) is 2.88. The standard InChI is InChI=1S/C14H17N5O.ClH/c20-14(13-5-15-6-13)17-7-11-3-1-2-4-12(11)8-19-10-16-9-18-19;/h1-4,9-10,13,15H,5-8H2,(H,17,20);1H. The molecule has 0 unspecified atom stereocenters. The Morgan fingerprint density at radius 2 is 2.10 bits per heavy atom. The zero-order valence-electron chi connectivity index (χ0n) is 11.5. The van der Waals surface area contributed by atoms with E-state index in [0.717, 1.165) is 24.2 Å². The number of rotatable bonds is 5. The molecule has 0 spiro atoms. The molecule has 1 amide bonds. The molecule has 2 heterocycles. The highest BCUT2D eigenvalue weighted by Crippen LogP contribution is 2.11. The van der Waals surface area contributed by atoms with Crippen LogP contribution in [-0.4, -0.2) is 33.8 Å². The minimum atomic E-state index is 0. The molecule has 1 aliphatic heterocycles. The second kappa shape index (κ2) is 7.19. The second-order valence-electron chi connectivity index (χ2n) is 4.93. The van der Waals surface area contributed by atoms with Gasteiger partial charge in [0.15, 0.2) is 0 Å². The smallest absolute Gasteiger partial charge is 0.225 e. The SMILES string of the molecule is Cl.O=C(NCc1ccccc1Cn1cncn1)C1CNC1. The molecule has 1 aromatic heterocycles. The van der Waals surface area contributed by atoms with Gasteiger partial charge in [0.2, 0.25) is 5.91 Å². The first kappa shape index (κ1) is 15.5. The van der Waals surface area contributed by atoms with Crippen LogP contribution in [-0.2, 0) is 17.9 Å². The highest BCUT2D eigenvalue weighted by Gasteiger charge is 2.24. The summed E-state index contributed by atoms with van der Waals surface area (Å²) in [6, 6.07) is 8.06. The van der Waals surface area contributed by atoms with Gasteiger partial charge in [0.1, 0.15) is 12.7 Å². The fourth-order valence-electron chi connectivity index (χ4n) is 2.17. The van der Waals surface area contributed by atoms with Crippen LogP contribution in [0.4, 0.5) is 0 Å². The number of nitrogens with one attached hydrogen (secondary N) is 2. The van der Waals surface area contributed by atoms with E-state index in [0.29, 0.717) is 13.1 Å². The Hall–Kier alpha value is -1.92. The van der Waals surface area contributed by atoms with Crippen LogP contribution in [0.3, 0.4) is 0 Å². The molecule has 0 atom stereocenters. The Morgan fingerprint density at radius 3 is 2.71 bits per heavy atom. The monoisotopic (exact) mass is 307 g/mol. The number of aromatic nitrogens is 3. The van der Waals surface area contributed by atoms with Crippen molar-refractivity contribution in [1.82, 2.24) is 25.4 Å². The van der Waals surface area contributed by atoms with E-state index in [1.165, 1.54) is 6.33 Å². The van der Waals surface area contributed by atoms with Crippen molar-refractivity contribution in [3.05, 3.63) is 48.0 Å². The van der Waals surface area contributed by atoms with Gasteiger partial charge in [-0.1, -0.05) is 24.3 Å². The fraction of sp³-hybridized carbons (Fsp3) is 0.357. The molecular weight excluding hydrogens is 290 g/mol. The van der Waals surface area contributed by atoms with Gasteiger partial charge in [-0.05, 0) is 11.1 Å². The van der Waals surface area contributed by atoms with Gasteiger partial charge in [-0.2, -0.15) is 5.10 Å². The molecule has 0 bridgehead atoms. The second-order valence-corrected chi connectivity index (χ2v) is 4.93. The van der Waals surface area contributed by atoms with Crippen molar-refractivity contribution >= 4 is 18.3 Å². The Bertz CT molecular complexity index is 583. The third kappa shape index (κ3) is 3.80. The van der Waals surface area contributed by atoms with Crippen LogP contribution in [0.15, 0.2) is 36.9 Å². The lowest BCUT2D eigenvalue weighted by Gasteiger charge is -2.26. The Labute approximate surface area is 129 Å². The topological polar surface area (TPSA) is 71.8 Å². The first-order chi connectivity index (χ1) is 9.83. The number of hydrogen-bond acceptors (Lipinski definition) is 4. The third-order valence-corrected chi connectivity index (χ3v) is 3.52. The minimum Gasteiger partial charge on any atom is -0.352 e. The maximum atomic E-state index is 11.8. The fourth-order valence-corrected chi connectivity index (χ4v) is 2.17. The molecule has 1 aromatic carbocycles. The summed E-state index contributed by atoms with van der Waals surface area (Å²) in [6.45, 7) is 2.79. The van der Waals surface area contributed by atoms with Crippen LogP contribution in [0.25, 0.3) is 0 Å². The van der Waals surface area contributed by atoms with Gasteiger partial charge >= 0.3 is 0 Å². The molecule has 1 aliphatic rings. The summed E-state index contributed by atoms with van der Waals surface area (Å²) in [5, 5.41) is 10.2. The number of halogens is 1. The first-order valence-electron chi connectivity index (χ1n) is 6.70. The predicted molar refractivity (Wildman–Crippen MR) is 81.0 cm³/mol. The van der Waals surface area contributed by atoms with Crippen LogP contribution >= 0.6 is 12.4 Å². The molecule has 112 valence electrons. The third-order valence-electron chi connectivity index (χ3n) is 3.52. The summed E-state index contributed by atoms with van der Waals surface area (Å²) in [4.78, 5) is 15.8. The van der Waals surface area contributed by atoms with E-state index < -0.39 is 0 Å². The summed E-state index contributed by atoms with van der Waals surface area (Å²) in [5.74, 6) is 0.247. The summed E-state index contributed by atoms with van der Waals surface area (Å²) in [7, 11) is 0. The lowest BCUT2D eigenvalue weighted by atomic mass is 10.0. The number of carbonyl (C=O) groups excluding carboxylic acids is 1. The highest BCUT2D eigenvalue weighted by molar-refractivity contribution is 5.85. The van der Waals surface area contributed by atoms with E-state index in [4.69, 9.17) is 0 Å². The van der Waals surface area contributed by atoms with E-state index in [1.807, 2.05) is 24.3 Å². The lowest BCUT2D eigenvalue weighted by molar-refractivity contribution is -0.126. The van der Waals surface area contributed by atoms with Gasteiger partial charge in [0.25, 0.3) is 0 Å². The van der Waals surface area contributed by atoms with Gasteiger partial charge < -0.3 is 10.6 Å². The summed E-state index contributed by atoms with van der Waals surface area (Å²) in [5.41, 5.74) is 2.26. The number of carbonyl (C=O) groups is 1. The van der Waals surface area contributed by atoms with Gasteiger partial charge in [0, 0.05) is 19.6 Å². The highest BCUT2D eigenvalue weighted by atomic mass is 35.5. The van der Waals surface area contributed by atoms with Crippen molar-refractivity contribution in [2.24, 2.45) is 5.92 Å². The zero-order chi connectivity index (χ0) is 13.8. The molecule has 3 rings (SSSR count). The average molecular weight is 308 g/mol.